The first-order chi connectivity index (χ1) is 13.9. The van der Waals surface area contributed by atoms with E-state index in [9.17, 15) is 14.0 Å². The molecule has 0 saturated carbocycles. The third-order valence-corrected chi connectivity index (χ3v) is 4.31. The molecule has 0 saturated heterocycles. The number of anilines is 1. The van der Waals surface area contributed by atoms with Crippen LogP contribution in [-0.2, 0) is 0 Å². The molecule has 0 unspecified atom stereocenters. The highest BCUT2D eigenvalue weighted by molar-refractivity contribution is 6.04. The van der Waals surface area contributed by atoms with E-state index in [1.54, 1.807) is 55.5 Å². The van der Waals surface area contributed by atoms with Crippen LogP contribution in [0.25, 0.3) is 0 Å². The molecule has 146 valence electrons. The van der Waals surface area contributed by atoms with E-state index in [0.29, 0.717) is 28.1 Å². The van der Waals surface area contributed by atoms with E-state index in [-0.39, 0.29) is 17.6 Å². The second kappa shape index (κ2) is 8.93. The molecule has 29 heavy (non-hydrogen) atoms. The van der Waals surface area contributed by atoms with E-state index in [1.165, 1.54) is 12.1 Å². The molecule has 5 nitrogen and oxygen atoms in total. The van der Waals surface area contributed by atoms with Crippen LogP contribution < -0.4 is 10.7 Å². The van der Waals surface area contributed by atoms with Gasteiger partial charge in [0.1, 0.15) is 5.82 Å². The first-order valence-electron chi connectivity index (χ1n) is 9.01. The molecular weight excluding hydrogens is 369 g/mol. The summed E-state index contributed by atoms with van der Waals surface area (Å²) in [5, 5.41) is 6.83. The molecule has 3 aromatic rings. The monoisotopic (exact) mass is 389 g/mol. The second-order valence-electron chi connectivity index (χ2n) is 6.54. The SMILES string of the molecule is CC(=NNC(=O)c1ccc(NC(=O)c2ccc(C)cc2)cc1)c1ccc(F)cc1. The van der Waals surface area contributed by atoms with Crippen LogP contribution in [0.4, 0.5) is 10.1 Å². The number of halogens is 1. The van der Waals surface area contributed by atoms with Crippen molar-refractivity contribution < 1.29 is 14.0 Å². The summed E-state index contributed by atoms with van der Waals surface area (Å²) in [5.41, 5.74) is 6.35. The molecule has 0 radical (unpaired) electrons. The molecule has 0 atom stereocenters. The largest absolute Gasteiger partial charge is 0.322 e. The summed E-state index contributed by atoms with van der Waals surface area (Å²) in [7, 11) is 0. The average Bonchev–Trinajstić information content (AvgIpc) is 2.73. The van der Waals surface area contributed by atoms with Gasteiger partial charge in [-0.25, -0.2) is 9.82 Å². The van der Waals surface area contributed by atoms with Crippen LogP contribution in [0.5, 0.6) is 0 Å². The van der Waals surface area contributed by atoms with Gasteiger partial charge in [-0.2, -0.15) is 5.10 Å². The highest BCUT2D eigenvalue weighted by Crippen LogP contribution is 2.12. The fourth-order valence-corrected chi connectivity index (χ4v) is 2.57. The summed E-state index contributed by atoms with van der Waals surface area (Å²) in [5.74, 6) is -0.940. The summed E-state index contributed by atoms with van der Waals surface area (Å²) in [4.78, 5) is 24.5. The zero-order chi connectivity index (χ0) is 20.8. The second-order valence-corrected chi connectivity index (χ2v) is 6.54. The molecule has 2 amide bonds. The highest BCUT2D eigenvalue weighted by atomic mass is 19.1. The number of rotatable bonds is 5. The first-order valence-corrected chi connectivity index (χ1v) is 9.01. The van der Waals surface area contributed by atoms with Crippen molar-refractivity contribution in [3.8, 4) is 0 Å². The van der Waals surface area contributed by atoms with Crippen molar-refractivity contribution in [2.24, 2.45) is 5.10 Å². The predicted octanol–water partition coefficient (Wildman–Crippen LogP) is 4.54. The number of nitrogens with zero attached hydrogens (tertiary/aromatic N) is 1. The van der Waals surface area contributed by atoms with E-state index in [1.807, 2.05) is 19.1 Å². The Morgan fingerprint density at radius 1 is 0.759 bits per heavy atom. The maximum Gasteiger partial charge on any atom is 0.271 e. The fourth-order valence-electron chi connectivity index (χ4n) is 2.57. The Hall–Kier alpha value is -3.80. The molecule has 0 aliphatic carbocycles. The molecule has 0 heterocycles. The van der Waals surface area contributed by atoms with Crippen LogP contribution in [-0.4, -0.2) is 17.5 Å². The fraction of sp³-hybridized carbons (Fsp3) is 0.0870. The summed E-state index contributed by atoms with van der Waals surface area (Å²) < 4.78 is 13.0. The zero-order valence-electron chi connectivity index (χ0n) is 16.1. The van der Waals surface area contributed by atoms with E-state index in [0.717, 1.165) is 5.56 Å². The number of amides is 2. The lowest BCUT2D eigenvalue weighted by Gasteiger charge is -2.07. The first kappa shape index (κ1) is 19.9. The molecule has 6 heteroatoms. The van der Waals surface area contributed by atoms with Gasteiger partial charge in [-0.05, 0) is 67.9 Å². The predicted molar refractivity (Wildman–Crippen MR) is 112 cm³/mol. The minimum Gasteiger partial charge on any atom is -0.322 e. The van der Waals surface area contributed by atoms with Crippen molar-refractivity contribution in [2.45, 2.75) is 13.8 Å². The quantitative estimate of drug-likeness (QED) is 0.497. The lowest BCUT2D eigenvalue weighted by molar-refractivity contribution is 0.0954. The van der Waals surface area contributed by atoms with Crippen molar-refractivity contribution in [3.05, 3.63) is 101 Å². The number of carbonyl (C=O) groups excluding carboxylic acids is 2. The van der Waals surface area contributed by atoms with Crippen molar-refractivity contribution >= 4 is 23.2 Å². The molecule has 0 fully saturated rings. The number of carbonyl (C=O) groups is 2. The maximum absolute atomic E-state index is 13.0. The number of benzene rings is 3. The smallest absolute Gasteiger partial charge is 0.271 e. The number of aryl methyl sites for hydroxylation is 1. The lowest BCUT2D eigenvalue weighted by atomic mass is 10.1. The molecule has 0 aliphatic heterocycles. The van der Waals surface area contributed by atoms with Gasteiger partial charge in [0.05, 0.1) is 5.71 Å². The van der Waals surface area contributed by atoms with Crippen molar-refractivity contribution in [1.29, 1.82) is 0 Å². The van der Waals surface area contributed by atoms with Crippen LogP contribution in [0.1, 0.15) is 38.8 Å². The van der Waals surface area contributed by atoms with Crippen molar-refractivity contribution in [2.75, 3.05) is 5.32 Å². The normalized spacial score (nSPS) is 11.1. The van der Waals surface area contributed by atoms with Gasteiger partial charge in [0.2, 0.25) is 0 Å². The van der Waals surface area contributed by atoms with E-state index in [2.05, 4.69) is 15.8 Å². The van der Waals surface area contributed by atoms with Crippen molar-refractivity contribution in [3.63, 3.8) is 0 Å². The highest BCUT2D eigenvalue weighted by Gasteiger charge is 2.08. The Kier molecular flexibility index (Phi) is 6.14. The van der Waals surface area contributed by atoms with Gasteiger partial charge in [0.25, 0.3) is 11.8 Å². The lowest BCUT2D eigenvalue weighted by Crippen LogP contribution is -2.19. The minimum absolute atomic E-state index is 0.221. The molecule has 2 N–H and O–H groups in total. The van der Waals surface area contributed by atoms with Gasteiger partial charge < -0.3 is 5.32 Å². The van der Waals surface area contributed by atoms with Gasteiger partial charge >= 0.3 is 0 Å². The molecule has 0 aliphatic rings. The molecular formula is C23H20FN3O2. The zero-order valence-corrected chi connectivity index (χ0v) is 16.1. The summed E-state index contributed by atoms with van der Waals surface area (Å²) in [6.45, 7) is 3.67. The number of nitrogens with one attached hydrogen (secondary N) is 2. The Balaban J connectivity index is 1.61. The summed E-state index contributed by atoms with van der Waals surface area (Å²) in [6.07, 6.45) is 0. The van der Waals surface area contributed by atoms with Gasteiger partial charge in [-0.3, -0.25) is 9.59 Å². The standard InChI is InChI=1S/C23H20FN3O2/c1-15-3-5-18(6-4-15)22(28)25-21-13-9-19(10-14-21)23(29)27-26-16(2)17-7-11-20(24)12-8-17/h3-14H,1-2H3,(H,25,28)(H,27,29). The molecule has 0 spiro atoms. The van der Waals surface area contributed by atoms with Gasteiger partial charge in [0, 0.05) is 16.8 Å². The third-order valence-electron chi connectivity index (χ3n) is 4.31. The maximum atomic E-state index is 13.0. The Labute approximate surface area is 168 Å². The van der Waals surface area contributed by atoms with Crippen LogP contribution in [0.3, 0.4) is 0 Å². The Bertz CT molecular complexity index is 1040. The third kappa shape index (κ3) is 5.35. The topological polar surface area (TPSA) is 70.6 Å². The van der Waals surface area contributed by atoms with Crippen molar-refractivity contribution in [1.82, 2.24) is 5.43 Å². The summed E-state index contributed by atoms with van der Waals surface area (Å²) in [6, 6.07) is 19.6. The number of hydrazone groups is 1. The summed E-state index contributed by atoms with van der Waals surface area (Å²) >= 11 is 0. The van der Waals surface area contributed by atoms with E-state index in [4.69, 9.17) is 0 Å². The number of hydrogen-bond donors (Lipinski definition) is 2. The number of hydrogen-bond acceptors (Lipinski definition) is 3. The Morgan fingerprint density at radius 2 is 1.28 bits per heavy atom. The van der Waals surface area contributed by atoms with Crippen LogP contribution in [0.15, 0.2) is 77.9 Å². The average molecular weight is 389 g/mol. The van der Waals surface area contributed by atoms with E-state index >= 15 is 0 Å². The molecule has 3 aromatic carbocycles. The molecule has 0 bridgehead atoms. The van der Waals surface area contributed by atoms with Crippen LogP contribution in [0.2, 0.25) is 0 Å². The van der Waals surface area contributed by atoms with Gasteiger partial charge in [-0.1, -0.05) is 29.8 Å². The Morgan fingerprint density at radius 3 is 1.90 bits per heavy atom. The molecule has 0 aromatic heterocycles. The minimum atomic E-state index is -0.386. The van der Waals surface area contributed by atoms with Crippen LogP contribution in [0, 0.1) is 12.7 Å². The van der Waals surface area contributed by atoms with Gasteiger partial charge in [-0.15, -0.1) is 0 Å². The van der Waals surface area contributed by atoms with Crippen LogP contribution >= 0.6 is 0 Å². The van der Waals surface area contributed by atoms with Gasteiger partial charge in [0.15, 0.2) is 0 Å². The van der Waals surface area contributed by atoms with E-state index < -0.39 is 0 Å². The molecule has 3 rings (SSSR count).